The number of para-hydroxylation sites is 1. The standard InChI is InChI=1S/C19H18N4O3/c1-20-17(24)13-8-6-12(7-9-13)11-21-19-23-22-18(26-19)16-10-14-4-2-3-5-15(14)25-16/h2-9,16H,10-11H2,1H3,(H,20,24)(H,21,23). The van der Waals surface area contributed by atoms with E-state index >= 15 is 0 Å². The van der Waals surface area contributed by atoms with Gasteiger partial charge in [0, 0.05) is 25.6 Å². The summed E-state index contributed by atoms with van der Waals surface area (Å²) in [4.78, 5) is 11.5. The van der Waals surface area contributed by atoms with Crippen LogP contribution >= 0.6 is 0 Å². The Bertz CT molecular complexity index is 896. The minimum absolute atomic E-state index is 0.108. The van der Waals surface area contributed by atoms with Gasteiger partial charge < -0.3 is 19.8 Å². The number of nitrogens with zero attached hydrogens (tertiary/aromatic N) is 2. The molecule has 26 heavy (non-hydrogen) atoms. The summed E-state index contributed by atoms with van der Waals surface area (Å²) < 4.78 is 11.5. The van der Waals surface area contributed by atoms with E-state index in [0.29, 0.717) is 24.0 Å². The SMILES string of the molecule is CNC(=O)c1ccc(CNc2nnc(C3Cc4ccccc4O3)o2)cc1. The largest absolute Gasteiger partial charge is 0.480 e. The Morgan fingerprint density at radius 2 is 1.96 bits per heavy atom. The van der Waals surface area contributed by atoms with Gasteiger partial charge in [0.2, 0.25) is 0 Å². The molecule has 1 atom stereocenters. The molecule has 1 aliphatic heterocycles. The zero-order valence-corrected chi connectivity index (χ0v) is 14.2. The molecule has 0 saturated carbocycles. The number of hydrogen-bond acceptors (Lipinski definition) is 6. The van der Waals surface area contributed by atoms with E-state index in [-0.39, 0.29) is 12.0 Å². The van der Waals surface area contributed by atoms with Gasteiger partial charge in [0.25, 0.3) is 11.8 Å². The summed E-state index contributed by atoms with van der Waals surface area (Å²) in [6.07, 6.45) is 0.473. The van der Waals surface area contributed by atoms with Crippen molar-refractivity contribution in [2.75, 3.05) is 12.4 Å². The number of nitrogens with one attached hydrogen (secondary N) is 2. The number of fused-ring (bicyclic) bond motifs is 1. The number of amides is 1. The summed E-state index contributed by atoms with van der Waals surface area (Å²) in [5, 5.41) is 13.8. The summed E-state index contributed by atoms with van der Waals surface area (Å²) in [5.74, 6) is 1.21. The molecule has 0 bridgehead atoms. The fourth-order valence-electron chi connectivity index (χ4n) is 2.85. The van der Waals surface area contributed by atoms with Gasteiger partial charge in [0.1, 0.15) is 5.75 Å². The Morgan fingerprint density at radius 3 is 2.73 bits per heavy atom. The number of carbonyl (C=O) groups is 1. The number of rotatable bonds is 5. The number of anilines is 1. The number of hydrogen-bond donors (Lipinski definition) is 2. The minimum Gasteiger partial charge on any atom is -0.480 e. The summed E-state index contributed by atoms with van der Waals surface area (Å²) in [6, 6.07) is 15.6. The zero-order valence-electron chi connectivity index (χ0n) is 14.2. The highest BCUT2D eigenvalue weighted by molar-refractivity contribution is 5.93. The molecule has 0 aliphatic carbocycles. The molecule has 0 saturated heterocycles. The van der Waals surface area contributed by atoms with Gasteiger partial charge in [-0.05, 0) is 29.3 Å². The summed E-state index contributed by atoms with van der Waals surface area (Å²) >= 11 is 0. The normalized spacial score (nSPS) is 15.2. The average Bonchev–Trinajstić information content (AvgIpc) is 3.32. The lowest BCUT2D eigenvalue weighted by molar-refractivity contribution is 0.0963. The molecule has 1 aliphatic rings. The minimum atomic E-state index is -0.248. The van der Waals surface area contributed by atoms with E-state index in [2.05, 4.69) is 20.8 Å². The molecule has 1 amide bonds. The molecule has 7 nitrogen and oxygen atoms in total. The first kappa shape index (κ1) is 16.1. The number of aromatic nitrogens is 2. The van der Waals surface area contributed by atoms with Crippen molar-refractivity contribution >= 4 is 11.9 Å². The molecule has 1 aromatic heterocycles. The van der Waals surface area contributed by atoms with Crippen LogP contribution in [-0.2, 0) is 13.0 Å². The van der Waals surface area contributed by atoms with E-state index in [1.807, 2.05) is 36.4 Å². The van der Waals surface area contributed by atoms with E-state index in [0.717, 1.165) is 23.3 Å². The van der Waals surface area contributed by atoms with Crippen LogP contribution in [0.1, 0.15) is 33.5 Å². The lowest BCUT2D eigenvalue weighted by Gasteiger charge is -2.05. The van der Waals surface area contributed by atoms with Crippen LogP contribution in [0.5, 0.6) is 5.75 Å². The second-order valence-corrected chi connectivity index (χ2v) is 5.99. The number of carbonyl (C=O) groups excluding carboxylic acids is 1. The van der Waals surface area contributed by atoms with Crippen molar-refractivity contribution in [3.8, 4) is 5.75 Å². The van der Waals surface area contributed by atoms with Gasteiger partial charge in [-0.15, -0.1) is 5.10 Å². The average molecular weight is 350 g/mol. The van der Waals surface area contributed by atoms with Crippen molar-refractivity contribution in [2.45, 2.75) is 19.1 Å². The van der Waals surface area contributed by atoms with Crippen molar-refractivity contribution in [1.82, 2.24) is 15.5 Å². The maximum Gasteiger partial charge on any atom is 0.315 e. The van der Waals surface area contributed by atoms with Gasteiger partial charge in [-0.2, -0.15) is 0 Å². The fourth-order valence-corrected chi connectivity index (χ4v) is 2.85. The van der Waals surface area contributed by atoms with Crippen molar-refractivity contribution in [3.05, 3.63) is 71.1 Å². The first-order valence-corrected chi connectivity index (χ1v) is 8.36. The van der Waals surface area contributed by atoms with Gasteiger partial charge >= 0.3 is 6.01 Å². The molecule has 132 valence electrons. The quantitative estimate of drug-likeness (QED) is 0.735. The molecule has 7 heteroatoms. The third-order valence-electron chi connectivity index (χ3n) is 4.25. The molecule has 3 aromatic rings. The van der Waals surface area contributed by atoms with Crippen LogP contribution in [0.4, 0.5) is 6.01 Å². The Hall–Kier alpha value is -3.35. The topological polar surface area (TPSA) is 89.3 Å². The third kappa shape index (κ3) is 3.23. The molecule has 0 radical (unpaired) electrons. The fraction of sp³-hybridized carbons (Fsp3) is 0.211. The summed E-state index contributed by atoms with van der Waals surface area (Å²) in [6.45, 7) is 0.515. The lowest BCUT2D eigenvalue weighted by atomic mass is 10.1. The highest BCUT2D eigenvalue weighted by Gasteiger charge is 2.28. The van der Waals surface area contributed by atoms with Crippen molar-refractivity contribution < 1.29 is 13.9 Å². The zero-order chi connectivity index (χ0) is 17.9. The molecule has 0 fully saturated rings. The molecule has 2 aromatic carbocycles. The van der Waals surface area contributed by atoms with E-state index < -0.39 is 0 Å². The number of benzene rings is 2. The smallest absolute Gasteiger partial charge is 0.315 e. The summed E-state index contributed by atoms with van der Waals surface area (Å²) in [7, 11) is 1.61. The molecule has 4 rings (SSSR count). The predicted octanol–water partition coefficient (Wildman–Crippen LogP) is 2.72. The Kier molecular flexibility index (Phi) is 4.27. The van der Waals surface area contributed by atoms with E-state index in [1.165, 1.54) is 0 Å². The van der Waals surface area contributed by atoms with Gasteiger partial charge in [-0.1, -0.05) is 35.4 Å². The first-order chi connectivity index (χ1) is 12.7. The predicted molar refractivity (Wildman–Crippen MR) is 95.0 cm³/mol. The Balaban J connectivity index is 1.36. The third-order valence-corrected chi connectivity index (χ3v) is 4.25. The molecule has 1 unspecified atom stereocenters. The monoisotopic (exact) mass is 350 g/mol. The summed E-state index contributed by atoms with van der Waals surface area (Å²) in [5.41, 5.74) is 2.76. The molecule has 2 heterocycles. The maximum atomic E-state index is 11.5. The van der Waals surface area contributed by atoms with E-state index in [4.69, 9.17) is 9.15 Å². The van der Waals surface area contributed by atoms with Crippen LogP contribution in [0.3, 0.4) is 0 Å². The van der Waals surface area contributed by atoms with Crippen LogP contribution in [0.2, 0.25) is 0 Å². The molecular formula is C19H18N4O3. The van der Waals surface area contributed by atoms with Crippen LogP contribution in [0.15, 0.2) is 52.9 Å². The van der Waals surface area contributed by atoms with Crippen molar-refractivity contribution in [1.29, 1.82) is 0 Å². The second kappa shape index (κ2) is 6.87. The second-order valence-electron chi connectivity index (χ2n) is 5.99. The van der Waals surface area contributed by atoms with Crippen LogP contribution in [0.25, 0.3) is 0 Å². The van der Waals surface area contributed by atoms with Crippen LogP contribution in [0, 0.1) is 0 Å². The van der Waals surface area contributed by atoms with Crippen LogP contribution in [-0.4, -0.2) is 23.2 Å². The van der Waals surface area contributed by atoms with Gasteiger partial charge in [0.15, 0.2) is 6.10 Å². The highest BCUT2D eigenvalue weighted by Crippen LogP contribution is 2.36. The first-order valence-electron chi connectivity index (χ1n) is 8.36. The van der Waals surface area contributed by atoms with E-state index in [1.54, 1.807) is 19.2 Å². The van der Waals surface area contributed by atoms with Gasteiger partial charge in [0.05, 0.1) is 0 Å². The van der Waals surface area contributed by atoms with Gasteiger partial charge in [-0.3, -0.25) is 4.79 Å². The molecular weight excluding hydrogens is 332 g/mol. The number of ether oxygens (including phenoxy) is 1. The van der Waals surface area contributed by atoms with Crippen molar-refractivity contribution in [3.63, 3.8) is 0 Å². The maximum absolute atomic E-state index is 11.5. The van der Waals surface area contributed by atoms with Crippen molar-refractivity contribution in [2.24, 2.45) is 0 Å². The molecule has 0 spiro atoms. The Morgan fingerprint density at radius 1 is 1.15 bits per heavy atom. The van der Waals surface area contributed by atoms with Crippen LogP contribution < -0.4 is 15.4 Å². The highest BCUT2D eigenvalue weighted by atomic mass is 16.5. The molecule has 2 N–H and O–H groups in total. The van der Waals surface area contributed by atoms with Gasteiger partial charge in [-0.25, -0.2) is 0 Å². The lowest BCUT2D eigenvalue weighted by Crippen LogP contribution is -2.17. The van der Waals surface area contributed by atoms with E-state index in [9.17, 15) is 4.79 Å². The Labute approximate surface area is 150 Å².